The van der Waals surface area contributed by atoms with Gasteiger partial charge < -0.3 is 18.9 Å². The van der Waals surface area contributed by atoms with Crippen molar-refractivity contribution >= 4 is 23.5 Å². The third-order valence-electron chi connectivity index (χ3n) is 6.39. The van der Waals surface area contributed by atoms with Crippen LogP contribution in [0, 0.1) is 0 Å². The van der Waals surface area contributed by atoms with Crippen molar-refractivity contribution in [1.82, 2.24) is 0 Å². The Morgan fingerprint density at radius 1 is 0.489 bits per heavy atom. The molecule has 0 aromatic heterocycles. The summed E-state index contributed by atoms with van der Waals surface area (Å²) in [5.74, 6) is -1.74. The van der Waals surface area contributed by atoms with Gasteiger partial charge in [-0.1, -0.05) is 127 Å². The highest BCUT2D eigenvalue weighted by Crippen LogP contribution is 2.17. The fourth-order valence-corrected chi connectivity index (χ4v) is 4.24. The van der Waals surface area contributed by atoms with Crippen LogP contribution in [0.25, 0.3) is 0 Å². The predicted octanol–water partition coefficient (Wildman–Crippen LogP) is 8.13. The molecule has 0 saturated heterocycles. The Kier molecular flexibility index (Phi) is 19.5. The molecule has 0 amide bonds. The molecule has 4 aromatic carbocycles. The molecule has 0 bridgehead atoms. The minimum absolute atomic E-state index is 0. The number of benzene rings is 4. The Bertz CT molecular complexity index is 1530. The molecule has 0 heterocycles. The van der Waals surface area contributed by atoms with Crippen LogP contribution in [-0.4, -0.2) is 62.6 Å². The fraction of sp³-hybridized carbons (Fsp3) is 0.282. The third kappa shape index (κ3) is 12.1. The van der Waals surface area contributed by atoms with Crippen LogP contribution in [0.1, 0.15) is 89.2 Å². The summed E-state index contributed by atoms with van der Waals surface area (Å²) in [5.41, 5.74) is 1.89. The van der Waals surface area contributed by atoms with Gasteiger partial charge in [0, 0.05) is 22.3 Å². The Hall–Kier alpha value is -4.92. The number of carbonyl (C=O) groups excluding carboxylic acids is 4. The minimum Gasteiger partial charge on any atom is -0.460 e. The number of hydrogen-bond acceptors (Lipinski definition) is 8. The van der Waals surface area contributed by atoms with E-state index in [2.05, 4.69) is 0 Å². The summed E-state index contributed by atoms with van der Waals surface area (Å²) in [4.78, 5) is 51.0. The number of esters is 2. The first kappa shape index (κ1) is 42.1. The lowest BCUT2D eigenvalue weighted by Crippen LogP contribution is -2.22. The first-order valence-electron chi connectivity index (χ1n) is 13.9. The Morgan fingerprint density at radius 3 is 1.28 bits per heavy atom. The molecule has 8 heteroatoms. The van der Waals surface area contributed by atoms with Crippen LogP contribution in [-0.2, 0) is 18.9 Å². The van der Waals surface area contributed by atoms with Crippen LogP contribution in [0.2, 0.25) is 0 Å². The second kappa shape index (κ2) is 21.8. The van der Waals surface area contributed by atoms with Gasteiger partial charge in [0.15, 0.2) is 11.6 Å². The summed E-state index contributed by atoms with van der Waals surface area (Å²) in [6.45, 7) is 2.28. The van der Waals surface area contributed by atoms with Crippen LogP contribution in [0.3, 0.4) is 0 Å². The monoisotopic (exact) mass is 644 g/mol. The average Bonchev–Trinajstić information content (AvgIpc) is 3.06. The summed E-state index contributed by atoms with van der Waals surface area (Å²) in [7, 11) is 0. The number of carbonyl (C=O) groups is 4. The smallest absolute Gasteiger partial charge is 0.338 e. The lowest BCUT2D eigenvalue weighted by Gasteiger charge is -2.14. The van der Waals surface area contributed by atoms with Crippen LogP contribution in [0.4, 0.5) is 0 Å². The van der Waals surface area contributed by atoms with Crippen molar-refractivity contribution in [3.63, 3.8) is 0 Å². The maximum atomic E-state index is 12.9. The van der Waals surface area contributed by atoms with Gasteiger partial charge in [0.1, 0.15) is 13.2 Å². The van der Waals surface area contributed by atoms with Crippen molar-refractivity contribution in [2.24, 2.45) is 0 Å². The van der Waals surface area contributed by atoms with Crippen molar-refractivity contribution in [3.8, 4) is 0 Å². The van der Waals surface area contributed by atoms with E-state index in [0.29, 0.717) is 11.1 Å². The van der Waals surface area contributed by atoms with Gasteiger partial charge in [-0.25, -0.2) is 9.59 Å². The Morgan fingerprint density at radius 2 is 0.851 bits per heavy atom. The van der Waals surface area contributed by atoms with E-state index in [1.807, 2.05) is 12.1 Å². The molecule has 4 aromatic rings. The maximum absolute atomic E-state index is 12.9. The third-order valence-corrected chi connectivity index (χ3v) is 6.39. The Labute approximate surface area is 279 Å². The number of ether oxygens (including phenoxy) is 4. The van der Waals surface area contributed by atoms with Gasteiger partial charge in [-0.15, -0.1) is 0 Å². The predicted molar refractivity (Wildman–Crippen MR) is 186 cm³/mol. The molecule has 0 aliphatic rings. The summed E-state index contributed by atoms with van der Waals surface area (Å²) in [5, 5.41) is 0. The van der Waals surface area contributed by atoms with Gasteiger partial charge in [0.05, 0.1) is 37.1 Å². The van der Waals surface area contributed by atoms with E-state index in [9.17, 15) is 19.2 Å². The van der Waals surface area contributed by atoms with Crippen molar-refractivity contribution in [2.45, 2.75) is 42.7 Å². The molecule has 252 valence electrons. The molecule has 0 saturated carbocycles. The second-order valence-electron chi connectivity index (χ2n) is 9.51. The van der Waals surface area contributed by atoms with Crippen molar-refractivity contribution in [3.05, 3.63) is 143 Å². The zero-order chi connectivity index (χ0) is 30.4. The highest BCUT2D eigenvalue weighted by molar-refractivity contribution is 6.15. The second-order valence-corrected chi connectivity index (χ2v) is 9.51. The van der Waals surface area contributed by atoms with Gasteiger partial charge in [-0.3, -0.25) is 9.59 Å². The van der Waals surface area contributed by atoms with Gasteiger partial charge in [0.25, 0.3) is 0 Å². The molecule has 1 atom stereocenters. The normalized spacial score (nSPS) is 10.4. The molecule has 8 nitrogen and oxygen atoms in total. The van der Waals surface area contributed by atoms with Gasteiger partial charge in [-0.2, -0.15) is 0 Å². The van der Waals surface area contributed by atoms with Crippen LogP contribution >= 0.6 is 0 Å². The molecular weight excluding hydrogens is 596 g/mol. The lowest BCUT2D eigenvalue weighted by molar-refractivity contribution is -0.0324. The fourth-order valence-electron chi connectivity index (χ4n) is 4.24. The molecule has 47 heavy (non-hydrogen) atoms. The highest BCUT2D eigenvalue weighted by Gasteiger charge is 2.20. The van der Waals surface area contributed by atoms with Crippen LogP contribution in [0.5, 0.6) is 0 Å². The SMILES string of the molecule is C.C.C.C.CC(COCCOC(=O)c1ccccc1C(=O)c1ccccc1)OCCOC(=O)c1ccccc1C(=O)c1ccccc1. The first-order chi connectivity index (χ1) is 21.0. The quantitative estimate of drug-likeness (QED) is 0.0726. The lowest BCUT2D eigenvalue weighted by atomic mass is 9.98. The number of rotatable bonds is 15. The number of ketones is 2. The van der Waals surface area contributed by atoms with E-state index in [1.54, 1.807) is 104 Å². The van der Waals surface area contributed by atoms with Gasteiger partial charge in [-0.05, 0) is 19.1 Å². The first-order valence-corrected chi connectivity index (χ1v) is 13.9. The van der Waals surface area contributed by atoms with E-state index in [-0.39, 0.29) is 103 Å². The zero-order valence-electron chi connectivity index (χ0n) is 23.8. The van der Waals surface area contributed by atoms with E-state index < -0.39 is 11.9 Å². The molecule has 0 aliphatic heterocycles. The standard InChI is InChI=1S/C35H32O8.4CH4/c1-25(41-22-23-43-35(39)31-19-11-9-17-29(31)33(37)27-14-6-3-7-15-27)24-40-20-21-42-34(38)30-18-10-8-16-28(30)32(36)26-12-4-2-5-13-26;;;;/h2-19,25H,20-24H2,1H3;4*1H4. The molecule has 0 radical (unpaired) electrons. The van der Waals surface area contributed by atoms with Gasteiger partial charge >= 0.3 is 11.9 Å². The van der Waals surface area contributed by atoms with Crippen molar-refractivity contribution in [1.29, 1.82) is 0 Å². The highest BCUT2D eigenvalue weighted by atomic mass is 16.6. The van der Waals surface area contributed by atoms with Crippen molar-refractivity contribution in [2.75, 3.05) is 33.0 Å². The summed E-state index contributed by atoms with van der Waals surface area (Å²) in [6, 6.07) is 30.5. The molecule has 1 unspecified atom stereocenters. The summed E-state index contributed by atoms with van der Waals surface area (Å²) < 4.78 is 21.8. The van der Waals surface area contributed by atoms with E-state index in [0.717, 1.165) is 0 Å². The molecule has 0 fully saturated rings. The topological polar surface area (TPSA) is 105 Å². The van der Waals surface area contributed by atoms with Gasteiger partial charge in [0.2, 0.25) is 0 Å². The molecule has 0 aliphatic carbocycles. The van der Waals surface area contributed by atoms with E-state index >= 15 is 0 Å². The summed E-state index contributed by atoms with van der Waals surface area (Å²) >= 11 is 0. The molecule has 4 rings (SSSR count). The largest absolute Gasteiger partial charge is 0.460 e. The molecule has 0 spiro atoms. The van der Waals surface area contributed by atoms with E-state index in [4.69, 9.17) is 18.9 Å². The summed E-state index contributed by atoms with van der Waals surface area (Å²) in [6.07, 6.45) is -0.314. The van der Waals surface area contributed by atoms with Crippen LogP contribution in [0.15, 0.2) is 109 Å². The number of hydrogen-bond donors (Lipinski definition) is 0. The van der Waals surface area contributed by atoms with Crippen molar-refractivity contribution < 1.29 is 38.1 Å². The Balaban J connectivity index is 0.00000529. The average molecular weight is 645 g/mol. The zero-order valence-corrected chi connectivity index (χ0v) is 23.8. The minimum atomic E-state index is -0.610. The maximum Gasteiger partial charge on any atom is 0.338 e. The van der Waals surface area contributed by atoms with E-state index in [1.165, 1.54) is 0 Å². The molecule has 0 N–H and O–H groups in total. The molecular formula is C39H48O8. The van der Waals surface area contributed by atoms with Crippen LogP contribution < -0.4 is 0 Å².